The van der Waals surface area contributed by atoms with Crippen molar-refractivity contribution in [3.05, 3.63) is 36.4 Å². The maximum atomic E-state index is 12.3. The van der Waals surface area contributed by atoms with E-state index in [9.17, 15) is 13.2 Å². The number of anilines is 1. The summed E-state index contributed by atoms with van der Waals surface area (Å²) in [5, 5.41) is 6.42. The van der Waals surface area contributed by atoms with Crippen LogP contribution in [-0.4, -0.2) is 27.1 Å². The van der Waals surface area contributed by atoms with Crippen molar-refractivity contribution in [1.29, 1.82) is 0 Å². The van der Waals surface area contributed by atoms with Crippen LogP contribution >= 0.6 is 0 Å². The Kier molecular flexibility index (Phi) is 4.49. The molecule has 0 amide bonds. The lowest BCUT2D eigenvalue weighted by Gasteiger charge is -2.14. The Morgan fingerprint density at radius 3 is 2.77 bits per heavy atom. The normalized spacial score (nSPS) is 12.3. The molecule has 2 aromatic rings. The van der Waals surface area contributed by atoms with Gasteiger partial charge in [-0.2, -0.15) is 5.10 Å². The lowest BCUT2D eigenvalue weighted by atomic mass is 10.3. The van der Waals surface area contributed by atoms with Gasteiger partial charge in [0.15, 0.2) is 11.7 Å². The maximum Gasteiger partial charge on any atom is 0.573 e. The molecule has 0 fully saturated rings. The second kappa shape index (κ2) is 6.33. The molecule has 1 aromatic heterocycles. The minimum absolute atomic E-state index is 0.0547. The third kappa shape index (κ3) is 4.36. The van der Waals surface area contributed by atoms with E-state index in [2.05, 4.69) is 25.1 Å². The number of hydrogen-bond acceptors (Lipinski definition) is 4. The first-order valence-electron chi connectivity index (χ1n) is 6.10. The summed E-state index contributed by atoms with van der Waals surface area (Å²) in [4.78, 5) is 7.93. The fraction of sp³-hybridized carbons (Fsp3) is 0.250. The summed E-state index contributed by atoms with van der Waals surface area (Å²) in [6.45, 7) is 0.137. The summed E-state index contributed by atoms with van der Waals surface area (Å²) in [7, 11) is 1.69. The van der Waals surface area contributed by atoms with Gasteiger partial charge in [0.05, 0.1) is 5.69 Å². The predicted octanol–water partition coefficient (Wildman–Crippen LogP) is 1.64. The molecule has 0 aliphatic rings. The van der Waals surface area contributed by atoms with Crippen molar-refractivity contribution in [1.82, 2.24) is 14.8 Å². The zero-order chi connectivity index (χ0) is 16.2. The molecule has 118 valence electrons. The summed E-state index contributed by atoms with van der Waals surface area (Å²) in [6, 6.07) is 5.53. The molecule has 22 heavy (non-hydrogen) atoms. The largest absolute Gasteiger partial charge is 0.573 e. The van der Waals surface area contributed by atoms with Crippen molar-refractivity contribution in [2.45, 2.75) is 12.9 Å². The van der Waals surface area contributed by atoms with Gasteiger partial charge in [0, 0.05) is 7.05 Å². The Bertz CT molecular complexity index is 667. The molecule has 0 saturated heterocycles. The van der Waals surface area contributed by atoms with E-state index in [1.54, 1.807) is 13.1 Å². The number of benzene rings is 1. The van der Waals surface area contributed by atoms with Crippen LogP contribution in [0.1, 0.15) is 5.82 Å². The lowest BCUT2D eigenvalue weighted by molar-refractivity contribution is -0.274. The van der Waals surface area contributed by atoms with Crippen LogP contribution in [0.3, 0.4) is 0 Å². The number of nitrogens with two attached hydrogens (primary N) is 1. The molecule has 0 radical (unpaired) electrons. The van der Waals surface area contributed by atoms with Crippen molar-refractivity contribution in [3.63, 3.8) is 0 Å². The minimum atomic E-state index is -4.79. The van der Waals surface area contributed by atoms with Crippen molar-refractivity contribution < 1.29 is 17.9 Å². The number of guanidine groups is 1. The molecule has 2 rings (SSSR count). The number of nitrogens with one attached hydrogen (secondary N) is 1. The van der Waals surface area contributed by atoms with Crippen molar-refractivity contribution in [2.75, 3.05) is 5.32 Å². The van der Waals surface area contributed by atoms with Crippen LogP contribution in [0.25, 0.3) is 0 Å². The van der Waals surface area contributed by atoms with Gasteiger partial charge in [-0.05, 0) is 12.1 Å². The molecule has 0 saturated carbocycles. The molecule has 10 heteroatoms. The molecule has 0 bridgehead atoms. The van der Waals surface area contributed by atoms with Crippen molar-refractivity contribution >= 4 is 11.6 Å². The first kappa shape index (κ1) is 15.6. The zero-order valence-corrected chi connectivity index (χ0v) is 11.5. The third-order valence-electron chi connectivity index (χ3n) is 2.57. The molecule has 0 spiro atoms. The van der Waals surface area contributed by atoms with E-state index in [1.165, 1.54) is 29.2 Å². The number of halogens is 3. The third-order valence-corrected chi connectivity index (χ3v) is 2.57. The van der Waals surface area contributed by atoms with Crippen LogP contribution in [0.15, 0.2) is 35.6 Å². The van der Waals surface area contributed by atoms with Gasteiger partial charge in [0.25, 0.3) is 0 Å². The number of para-hydroxylation sites is 2. The van der Waals surface area contributed by atoms with Gasteiger partial charge in [-0.15, -0.1) is 13.2 Å². The lowest BCUT2D eigenvalue weighted by Crippen LogP contribution is -2.24. The molecule has 0 aliphatic carbocycles. The first-order chi connectivity index (χ1) is 10.3. The molecule has 0 aliphatic heterocycles. The molecule has 1 heterocycles. The summed E-state index contributed by atoms with van der Waals surface area (Å²) < 4.78 is 42.3. The number of aryl methyl sites for hydroxylation is 1. The van der Waals surface area contributed by atoms with Gasteiger partial charge in [0.2, 0.25) is 0 Å². The Labute approximate surface area is 123 Å². The topological polar surface area (TPSA) is 90.4 Å². The monoisotopic (exact) mass is 314 g/mol. The Balaban J connectivity index is 2.08. The average molecular weight is 314 g/mol. The van der Waals surface area contributed by atoms with Gasteiger partial charge in [-0.3, -0.25) is 4.68 Å². The quantitative estimate of drug-likeness (QED) is 0.661. The molecule has 3 N–H and O–H groups in total. The Morgan fingerprint density at radius 2 is 2.14 bits per heavy atom. The Hall–Kier alpha value is -2.78. The SMILES string of the molecule is Cn1ncnc1CN=C(N)Nc1ccccc1OC(F)(F)F. The minimum Gasteiger partial charge on any atom is -0.404 e. The molecular weight excluding hydrogens is 301 g/mol. The fourth-order valence-corrected chi connectivity index (χ4v) is 1.58. The predicted molar refractivity (Wildman–Crippen MR) is 73.1 cm³/mol. The van der Waals surface area contributed by atoms with Crippen LogP contribution in [-0.2, 0) is 13.6 Å². The fourth-order valence-electron chi connectivity index (χ4n) is 1.58. The van der Waals surface area contributed by atoms with Crippen molar-refractivity contribution in [3.8, 4) is 5.75 Å². The van der Waals surface area contributed by atoms with E-state index in [0.29, 0.717) is 5.82 Å². The number of aromatic nitrogens is 3. The number of hydrogen-bond donors (Lipinski definition) is 2. The number of nitrogens with zero attached hydrogens (tertiary/aromatic N) is 4. The van der Waals surface area contributed by atoms with Crippen LogP contribution in [0.4, 0.5) is 18.9 Å². The van der Waals surface area contributed by atoms with Crippen LogP contribution in [0.5, 0.6) is 5.75 Å². The standard InChI is InChI=1S/C12H13F3N6O/c1-21-10(18-7-19-21)6-17-11(16)20-8-4-2-3-5-9(8)22-12(13,14)15/h2-5,7H,6H2,1H3,(H3,16,17,20). The highest BCUT2D eigenvalue weighted by molar-refractivity contribution is 5.93. The Morgan fingerprint density at radius 1 is 1.41 bits per heavy atom. The highest BCUT2D eigenvalue weighted by Crippen LogP contribution is 2.29. The highest BCUT2D eigenvalue weighted by atomic mass is 19.4. The molecule has 0 unspecified atom stereocenters. The van der Waals surface area contributed by atoms with E-state index >= 15 is 0 Å². The van der Waals surface area contributed by atoms with Crippen LogP contribution < -0.4 is 15.8 Å². The number of aliphatic imine (C=N–C) groups is 1. The zero-order valence-electron chi connectivity index (χ0n) is 11.5. The van der Waals surface area contributed by atoms with E-state index in [-0.39, 0.29) is 18.2 Å². The maximum absolute atomic E-state index is 12.3. The van der Waals surface area contributed by atoms with Gasteiger partial charge in [0.1, 0.15) is 18.7 Å². The number of ether oxygens (including phenoxy) is 1. The van der Waals surface area contributed by atoms with E-state index < -0.39 is 12.1 Å². The second-order valence-electron chi connectivity index (χ2n) is 4.17. The first-order valence-corrected chi connectivity index (χ1v) is 6.10. The summed E-state index contributed by atoms with van der Waals surface area (Å²) in [5.41, 5.74) is 5.70. The van der Waals surface area contributed by atoms with E-state index in [1.807, 2.05) is 0 Å². The number of rotatable bonds is 4. The van der Waals surface area contributed by atoms with Crippen LogP contribution in [0, 0.1) is 0 Å². The van der Waals surface area contributed by atoms with E-state index in [0.717, 1.165) is 0 Å². The van der Waals surface area contributed by atoms with Crippen LogP contribution in [0.2, 0.25) is 0 Å². The van der Waals surface area contributed by atoms with Gasteiger partial charge in [-0.25, -0.2) is 9.98 Å². The smallest absolute Gasteiger partial charge is 0.404 e. The number of alkyl halides is 3. The summed E-state index contributed by atoms with van der Waals surface area (Å²) in [6.07, 6.45) is -3.43. The summed E-state index contributed by atoms with van der Waals surface area (Å²) >= 11 is 0. The van der Waals surface area contributed by atoms with Gasteiger partial charge < -0.3 is 15.8 Å². The average Bonchev–Trinajstić information content (AvgIpc) is 2.83. The highest BCUT2D eigenvalue weighted by Gasteiger charge is 2.32. The van der Waals surface area contributed by atoms with E-state index in [4.69, 9.17) is 5.73 Å². The molecular formula is C12H13F3N6O. The second-order valence-corrected chi connectivity index (χ2v) is 4.17. The van der Waals surface area contributed by atoms with Gasteiger partial charge in [-0.1, -0.05) is 12.1 Å². The molecule has 0 atom stereocenters. The van der Waals surface area contributed by atoms with Gasteiger partial charge >= 0.3 is 6.36 Å². The molecule has 1 aromatic carbocycles. The summed E-state index contributed by atoms with van der Waals surface area (Å²) in [5.74, 6) is 0.0950. The molecule has 7 nitrogen and oxygen atoms in total. The van der Waals surface area contributed by atoms with Crippen molar-refractivity contribution in [2.24, 2.45) is 17.8 Å².